The van der Waals surface area contributed by atoms with Gasteiger partial charge in [0.2, 0.25) is 5.91 Å². The summed E-state index contributed by atoms with van der Waals surface area (Å²) in [5, 5.41) is 8.90. The van der Waals surface area contributed by atoms with E-state index in [1.165, 1.54) is 11.8 Å². The lowest BCUT2D eigenvalue weighted by molar-refractivity contribution is -0.150. The van der Waals surface area contributed by atoms with E-state index in [1.54, 1.807) is 6.20 Å². The molecule has 26 heavy (non-hydrogen) atoms. The molecule has 7 nitrogen and oxygen atoms in total. The largest absolute Gasteiger partial charge is 0.381 e. The summed E-state index contributed by atoms with van der Waals surface area (Å²) >= 11 is 0. The fraction of sp³-hybridized carbons (Fsp3) is 0.579. The molecule has 1 aromatic heterocycles. The zero-order chi connectivity index (χ0) is 18.1. The lowest BCUT2D eigenvalue weighted by Crippen LogP contribution is -2.53. The van der Waals surface area contributed by atoms with E-state index in [0.29, 0.717) is 25.5 Å². The number of nitrogens with zero attached hydrogens (tertiary/aromatic N) is 5. The van der Waals surface area contributed by atoms with Crippen molar-refractivity contribution < 1.29 is 9.53 Å². The van der Waals surface area contributed by atoms with Crippen LogP contribution in [0.15, 0.2) is 24.0 Å². The smallest absolute Gasteiger partial charge is 0.231 e. The Balaban J connectivity index is 1.59. The van der Waals surface area contributed by atoms with E-state index in [0.717, 1.165) is 38.3 Å². The number of rotatable bonds is 2. The molecule has 2 unspecified atom stereocenters. The minimum atomic E-state index is -0.411. The van der Waals surface area contributed by atoms with Crippen LogP contribution in [-0.2, 0) is 9.53 Å². The van der Waals surface area contributed by atoms with Gasteiger partial charge in [-0.3, -0.25) is 4.79 Å². The highest BCUT2D eigenvalue weighted by molar-refractivity contribution is 5.85. The van der Waals surface area contributed by atoms with Crippen LogP contribution in [-0.4, -0.2) is 60.2 Å². The second kappa shape index (κ2) is 6.69. The van der Waals surface area contributed by atoms with Crippen molar-refractivity contribution in [3.63, 3.8) is 0 Å². The maximum atomic E-state index is 13.5. The summed E-state index contributed by atoms with van der Waals surface area (Å²) < 4.78 is 5.70. The summed E-state index contributed by atoms with van der Waals surface area (Å²) in [7, 11) is 0. The molecule has 3 aliphatic heterocycles. The number of hydrogen-bond acceptors (Lipinski definition) is 6. The van der Waals surface area contributed by atoms with Gasteiger partial charge >= 0.3 is 0 Å². The number of ether oxygens (including phenoxy) is 1. The van der Waals surface area contributed by atoms with Gasteiger partial charge in [-0.2, -0.15) is 5.26 Å². The average molecular weight is 353 g/mol. The van der Waals surface area contributed by atoms with E-state index in [-0.39, 0.29) is 11.8 Å². The van der Waals surface area contributed by atoms with E-state index >= 15 is 0 Å². The monoisotopic (exact) mass is 353 g/mol. The number of aromatic nitrogens is 2. The number of nitriles is 1. The summed E-state index contributed by atoms with van der Waals surface area (Å²) in [6, 6.07) is 1.99. The van der Waals surface area contributed by atoms with Crippen LogP contribution in [0.1, 0.15) is 25.5 Å². The predicted octanol–water partition coefficient (Wildman–Crippen LogP) is 1.37. The van der Waals surface area contributed by atoms with Crippen molar-refractivity contribution in [3.8, 4) is 6.07 Å². The van der Waals surface area contributed by atoms with Crippen molar-refractivity contribution in [2.24, 2.45) is 11.3 Å². The van der Waals surface area contributed by atoms with Crippen molar-refractivity contribution in [3.05, 3.63) is 29.7 Å². The highest BCUT2D eigenvalue weighted by Gasteiger charge is 2.55. The molecule has 0 N–H and O–H groups in total. The second-order valence-electron chi connectivity index (χ2n) is 7.50. The molecule has 7 heteroatoms. The van der Waals surface area contributed by atoms with Gasteiger partial charge in [-0.1, -0.05) is 11.6 Å². The Morgan fingerprint density at radius 1 is 1.42 bits per heavy atom. The Bertz CT molecular complexity index is 769. The first-order valence-corrected chi connectivity index (χ1v) is 9.12. The van der Waals surface area contributed by atoms with Crippen molar-refractivity contribution in [1.82, 2.24) is 14.9 Å². The normalized spacial score (nSPS) is 28.3. The third kappa shape index (κ3) is 2.84. The molecule has 136 valence electrons. The summed E-state index contributed by atoms with van der Waals surface area (Å²) in [6.07, 6.45) is 7.01. The lowest BCUT2D eigenvalue weighted by atomic mass is 9.73. The molecule has 4 rings (SSSR count). The van der Waals surface area contributed by atoms with Gasteiger partial charge in [0.1, 0.15) is 11.9 Å². The van der Waals surface area contributed by atoms with Crippen LogP contribution < -0.4 is 4.90 Å². The van der Waals surface area contributed by atoms with Crippen LogP contribution in [0.4, 0.5) is 5.82 Å². The van der Waals surface area contributed by atoms with Crippen LogP contribution in [0, 0.1) is 22.7 Å². The molecule has 3 aliphatic rings. The Hall–Kier alpha value is -2.46. The minimum Gasteiger partial charge on any atom is -0.381 e. The highest BCUT2D eigenvalue weighted by Crippen LogP contribution is 2.45. The molecule has 0 aromatic carbocycles. The lowest BCUT2D eigenvalue weighted by Gasteiger charge is -2.41. The number of carbonyl (C=O) groups excluding carboxylic acids is 1. The molecule has 0 radical (unpaired) electrons. The molecule has 0 aliphatic carbocycles. The number of amides is 1. The van der Waals surface area contributed by atoms with E-state index < -0.39 is 5.41 Å². The Morgan fingerprint density at radius 3 is 3.04 bits per heavy atom. The van der Waals surface area contributed by atoms with Gasteiger partial charge in [0.15, 0.2) is 5.69 Å². The molecule has 0 spiro atoms. The summed E-state index contributed by atoms with van der Waals surface area (Å²) in [4.78, 5) is 26.2. The van der Waals surface area contributed by atoms with E-state index in [2.05, 4.69) is 27.9 Å². The zero-order valence-electron chi connectivity index (χ0n) is 15.0. The molecule has 2 saturated heterocycles. The van der Waals surface area contributed by atoms with Gasteiger partial charge in [-0.25, -0.2) is 9.97 Å². The molecule has 1 amide bonds. The van der Waals surface area contributed by atoms with Crippen LogP contribution in [0.25, 0.3) is 0 Å². The number of anilines is 1. The average Bonchev–Trinajstić information content (AvgIpc) is 3.08. The number of carbonyl (C=O) groups is 1. The van der Waals surface area contributed by atoms with Gasteiger partial charge in [0.25, 0.3) is 0 Å². The summed E-state index contributed by atoms with van der Waals surface area (Å²) in [5.41, 5.74) is 1.15. The molecular weight excluding hydrogens is 330 g/mol. The Labute approximate surface area is 153 Å². The maximum absolute atomic E-state index is 13.5. The van der Waals surface area contributed by atoms with Gasteiger partial charge in [-0.15, -0.1) is 0 Å². The van der Waals surface area contributed by atoms with Crippen molar-refractivity contribution in [2.75, 3.05) is 44.3 Å². The summed E-state index contributed by atoms with van der Waals surface area (Å²) in [5.74, 6) is 1.13. The van der Waals surface area contributed by atoms with Crippen LogP contribution in [0.2, 0.25) is 0 Å². The third-order valence-electron chi connectivity index (χ3n) is 5.83. The van der Waals surface area contributed by atoms with Crippen LogP contribution in [0.5, 0.6) is 0 Å². The van der Waals surface area contributed by atoms with Gasteiger partial charge in [-0.05, 0) is 19.8 Å². The predicted molar refractivity (Wildman–Crippen MR) is 95.3 cm³/mol. The molecule has 4 heterocycles. The van der Waals surface area contributed by atoms with Crippen molar-refractivity contribution in [2.45, 2.75) is 19.8 Å². The minimum absolute atomic E-state index is 0.160. The topological polar surface area (TPSA) is 82.4 Å². The maximum Gasteiger partial charge on any atom is 0.231 e. The third-order valence-corrected chi connectivity index (χ3v) is 5.83. The summed E-state index contributed by atoms with van der Waals surface area (Å²) in [6.45, 7) is 6.21. The number of hydrogen-bond donors (Lipinski definition) is 0. The first-order chi connectivity index (χ1) is 12.6. The zero-order valence-corrected chi connectivity index (χ0v) is 15.0. The van der Waals surface area contributed by atoms with E-state index in [4.69, 9.17) is 10.00 Å². The first kappa shape index (κ1) is 17.0. The van der Waals surface area contributed by atoms with Crippen LogP contribution >= 0.6 is 0 Å². The molecule has 0 saturated carbocycles. The SMILES string of the molecule is CC1=CCCN(C(=O)C23CCOCC2CN(c2cnc(C#N)cn2)C3)C1. The highest BCUT2D eigenvalue weighted by atomic mass is 16.5. The van der Waals surface area contributed by atoms with E-state index in [9.17, 15) is 4.79 Å². The fourth-order valence-electron chi connectivity index (χ4n) is 4.42. The van der Waals surface area contributed by atoms with Crippen LogP contribution in [0.3, 0.4) is 0 Å². The molecular formula is C19H23N5O2. The van der Waals surface area contributed by atoms with Crippen molar-refractivity contribution in [1.29, 1.82) is 5.26 Å². The molecule has 1 aromatic rings. The standard InChI is InChI=1S/C19H23N5O2/c1-14-3-2-5-23(10-14)18(25)19-4-6-26-12-15(19)11-24(13-19)17-9-21-16(7-20)8-22-17/h3,8-9,15H,2,4-6,10-13H2,1H3. The number of fused-ring (bicyclic) bond motifs is 1. The fourth-order valence-corrected chi connectivity index (χ4v) is 4.42. The van der Waals surface area contributed by atoms with Gasteiger partial charge in [0, 0.05) is 38.7 Å². The quantitative estimate of drug-likeness (QED) is 0.747. The Morgan fingerprint density at radius 2 is 2.31 bits per heavy atom. The molecule has 2 fully saturated rings. The Kier molecular flexibility index (Phi) is 4.37. The van der Waals surface area contributed by atoms with Gasteiger partial charge < -0.3 is 14.5 Å². The molecule has 2 atom stereocenters. The first-order valence-electron chi connectivity index (χ1n) is 9.12. The van der Waals surface area contributed by atoms with Crippen molar-refractivity contribution >= 4 is 11.7 Å². The van der Waals surface area contributed by atoms with E-state index in [1.807, 2.05) is 11.0 Å². The molecule has 0 bridgehead atoms. The second-order valence-corrected chi connectivity index (χ2v) is 7.50. The van der Waals surface area contributed by atoms with Gasteiger partial charge in [0.05, 0.1) is 24.4 Å².